The second kappa shape index (κ2) is 29.1. The maximum absolute atomic E-state index is 5.75. The Kier molecular flexibility index (Phi) is 40.3. The van der Waals surface area contributed by atoms with Crippen LogP contribution in [0.2, 0.25) is 0 Å². The largest absolute Gasteiger partial charge is 0.411 e. The van der Waals surface area contributed by atoms with Gasteiger partial charge in [-0.2, -0.15) is 0 Å². The molecule has 0 N–H and O–H groups in total. The van der Waals surface area contributed by atoms with E-state index in [1.807, 2.05) is 0 Å². The van der Waals surface area contributed by atoms with Crippen LogP contribution < -0.4 is 0 Å². The van der Waals surface area contributed by atoms with E-state index in [0.29, 0.717) is 79.3 Å². The van der Waals surface area contributed by atoms with Crippen LogP contribution in [0.15, 0.2) is 0 Å². The fourth-order valence-electron chi connectivity index (χ4n) is 1.96. The molecular weight excluding hydrogens is 579 g/mol. The zero-order chi connectivity index (χ0) is 17.9. The monoisotopic (exact) mass is 614 g/mol. The molecular formula is C18H35O6Y3-3. The second-order valence-electron chi connectivity index (χ2n) is 5.35. The van der Waals surface area contributed by atoms with Gasteiger partial charge in [0.15, 0.2) is 0 Å². The molecule has 0 unspecified atom stereocenters. The topological polar surface area (TPSA) is 55.4 Å². The summed E-state index contributed by atoms with van der Waals surface area (Å²) in [5.74, 6) is 0. The van der Waals surface area contributed by atoms with Gasteiger partial charge >= 0.3 is 0 Å². The minimum atomic E-state index is -0.195. The average molecular weight is 614 g/mol. The zero-order valence-electron chi connectivity index (χ0n) is 17.0. The predicted octanol–water partition coefficient (Wildman–Crippen LogP) is 1.98. The Hall–Kier alpha value is 3.07. The molecule has 0 amide bonds. The van der Waals surface area contributed by atoms with Crippen molar-refractivity contribution in [3.8, 4) is 0 Å². The van der Waals surface area contributed by atoms with Crippen LogP contribution in [0, 0.1) is 26.2 Å². The zero-order valence-corrected chi connectivity index (χ0v) is 25.5. The first-order valence-corrected chi connectivity index (χ1v) is 8.59. The Bertz CT molecular complexity index is 227. The van der Waals surface area contributed by atoms with Crippen molar-refractivity contribution >= 4 is 0 Å². The van der Waals surface area contributed by atoms with E-state index in [-0.39, 0.29) is 104 Å². The van der Waals surface area contributed by atoms with E-state index >= 15 is 0 Å². The van der Waals surface area contributed by atoms with Crippen molar-refractivity contribution in [2.24, 2.45) is 5.41 Å². The van der Waals surface area contributed by atoms with Crippen molar-refractivity contribution in [2.75, 3.05) is 79.3 Å². The summed E-state index contributed by atoms with van der Waals surface area (Å²) in [7, 11) is 0. The van der Waals surface area contributed by atoms with E-state index in [1.54, 1.807) is 0 Å². The van der Waals surface area contributed by atoms with Crippen LogP contribution in [-0.2, 0) is 127 Å². The Morgan fingerprint density at radius 2 is 0.778 bits per heavy atom. The molecule has 0 aromatic rings. The third-order valence-corrected chi connectivity index (χ3v) is 3.52. The number of hydrogen-bond donors (Lipinski definition) is 0. The summed E-state index contributed by atoms with van der Waals surface area (Å²) in [6.45, 7) is 19.2. The fraction of sp³-hybridized carbons (Fsp3) is 0.833. The molecule has 0 aliphatic heterocycles. The molecule has 0 saturated heterocycles. The fourth-order valence-corrected chi connectivity index (χ4v) is 1.96. The summed E-state index contributed by atoms with van der Waals surface area (Å²) >= 11 is 0. The Labute approximate surface area is 242 Å². The van der Waals surface area contributed by atoms with Gasteiger partial charge in [-0.15, -0.1) is 0 Å². The molecule has 0 heterocycles. The van der Waals surface area contributed by atoms with Crippen molar-refractivity contribution in [1.82, 2.24) is 0 Å². The van der Waals surface area contributed by atoms with Crippen LogP contribution in [0.25, 0.3) is 0 Å². The Balaban J connectivity index is -0.000000882. The van der Waals surface area contributed by atoms with Gasteiger partial charge < -0.3 is 49.2 Å². The molecule has 9 heteroatoms. The summed E-state index contributed by atoms with van der Waals surface area (Å²) in [4.78, 5) is 0. The van der Waals surface area contributed by atoms with E-state index in [0.717, 1.165) is 6.42 Å². The summed E-state index contributed by atoms with van der Waals surface area (Å²) < 4.78 is 32.8. The van der Waals surface area contributed by atoms with Crippen LogP contribution >= 0.6 is 0 Å². The van der Waals surface area contributed by atoms with E-state index in [2.05, 4.69) is 27.7 Å². The van der Waals surface area contributed by atoms with E-state index in [9.17, 15) is 0 Å². The molecule has 0 spiro atoms. The number of ether oxygens (including phenoxy) is 6. The van der Waals surface area contributed by atoms with Gasteiger partial charge in [0.25, 0.3) is 0 Å². The second-order valence-corrected chi connectivity index (χ2v) is 5.35. The van der Waals surface area contributed by atoms with Crippen LogP contribution in [0.3, 0.4) is 0 Å². The van der Waals surface area contributed by atoms with Crippen molar-refractivity contribution in [2.45, 2.75) is 13.3 Å². The third-order valence-electron chi connectivity index (χ3n) is 3.52. The van der Waals surface area contributed by atoms with Gasteiger partial charge in [-0.25, -0.2) is 0 Å². The first kappa shape index (κ1) is 37.4. The van der Waals surface area contributed by atoms with Crippen molar-refractivity contribution in [3.63, 3.8) is 0 Å². The van der Waals surface area contributed by atoms with E-state index in [4.69, 9.17) is 28.4 Å². The summed E-state index contributed by atoms with van der Waals surface area (Å²) in [6.07, 6.45) is 0.884. The van der Waals surface area contributed by atoms with Gasteiger partial charge in [0.2, 0.25) is 0 Å². The van der Waals surface area contributed by atoms with Crippen LogP contribution in [0.4, 0.5) is 0 Å². The molecule has 0 aromatic carbocycles. The molecule has 0 atom stereocenters. The summed E-state index contributed by atoms with van der Waals surface area (Å²) in [5, 5.41) is 0. The first-order valence-electron chi connectivity index (χ1n) is 8.59. The summed E-state index contributed by atoms with van der Waals surface area (Å²) in [5.41, 5.74) is -0.195. The van der Waals surface area contributed by atoms with Crippen molar-refractivity contribution in [1.29, 1.82) is 0 Å². The smallest absolute Gasteiger partial charge is 0.0699 e. The van der Waals surface area contributed by atoms with E-state index < -0.39 is 0 Å². The molecule has 0 aromatic heterocycles. The van der Waals surface area contributed by atoms with Gasteiger partial charge in [0.1, 0.15) is 0 Å². The van der Waals surface area contributed by atoms with Crippen LogP contribution in [-0.4, -0.2) is 79.3 Å². The quantitative estimate of drug-likeness (QED) is 0.164. The van der Waals surface area contributed by atoms with Gasteiger partial charge in [-0.1, -0.05) is 26.7 Å². The minimum Gasteiger partial charge on any atom is -0.411 e. The predicted molar refractivity (Wildman–Crippen MR) is 93.7 cm³/mol. The maximum Gasteiger partial charge on any atom is 0.0699 e. The van der Waals surface area contributed by atoms with E-state index in [1.165, 1.54) is 0 Å². The van der Waals surface area contributed by atoms with Gasteiger partial charge in [0.05, 0.1) is 59.5 Å². The molecule has 0 aliphatic rings. The summed E-state index contributed by atoms with van der Waals surface area (Å²) in [6, 6.07) is 0. The molecule has 155 valence electrons. The molecule has 3 radical (unpaired) electrons. The molecule has 0 bridgehead atoms. The average Bonchev–Trinajstić information content (AvgIpc) is 2.60. The van der Waals surface area contributed by atoms with Crippen molar-refractivity contribution < 1.29 is 127 Å². The standard InChI is InChI=1S/C18H35O6.3Y/c1-5-18(15-22-12-9-19-6-2,16-23-13-10-20-7-3)17-24-14-11-21-8-4;;;/h2-17H2,1H3;;;/q-3;;;. The molecule has 0 fully saturated rings. The van der Waals surface area contributed by atoms with Gasteiger partial charge in [0, 0.05) is 104 Å². The Morgan fingerprint density at radius 3 is 1.00 bits per heavy atom. The molecule has 0 rings (SSSR count). The normalized spacial score (nSPS) is 10.7. The number of hydrogen-bond acceptors (Lipinski definition) is 6. The third kappa shape index (κ3) is 23.6. The maximum atomic E-state index is 5.75. The van der Waals surface area contributed by atoms with Crippen molar-refractivity contribution in [3.05, 3.63) is 20.8 Å². The van der Waals surface area contributed by atoms with Gasteiger partial charge in [-0.05, 0) is 6.42 Å². The molecule has 0 saturated carbocycles. The molecule has 27 heavy (non-hydrogen) atoms. The molecule has 0 aliphatic carbocycles. The Morgan fingerprint density at radius 1 is 0.519 bits per heavy atom. The van der Waals surface area contributed by atoms with Gasteiger partial charge in [-0.3, -0.25) is 0 Å². The SMILES string of the molecule is [CH2-]COCCOCC(CC)(COCCOC[CH2-])COCCOC[CH2-].[Y].[Y].[Y]. The minimum absolute atomic E-state index is 0. The number of rotatable bonds is 19. The van der Waals surface area contributed by atoms with Crippen LogP contribution in [0.1, 0.15) is 13.3 Å². The molecule has 6 nitrogen and oxygen atoms in total. The van der Waals surface area contributed by atoms with Crippen LogP contribution in [0.5, 0.6) is 0 Å². The first-order chi connectivity index (χ1) is 11.7.